The van der Waals surface area contributed by atoms with Gasteiger partial charge in [0.15, 0.2) is 0 Å². The lowest BCUT2D eigenvalue weighted by Crippen LogP contribution is -2.00. The molecule has 0 radical (unpaired) electrons. The van der Waals surface area contributed by atoms with Crippen LogP contribution in [0.3, 0.4) is 0 Å². The van der Waals surface area contributed by atoms with Crippen molar-refractivity contribution in [1.29, 1.82) is 0 Å². The molecule has 1 heterocycles. The number of aryl methyl sites for hydroxylation is 3. The van der Waals surface area contributed by atoms with Crippen molar-refractivity contribution < 1.29 is 0 Å². The average Bonchev–Trinajstić information content (AvgIpc) is 2.35. The molecule has 19 heavy (non-hydrogen) atoms. The van der Waals surface area contributed by atoms with E-state index >= 15 is 0 Å². The van der Waals surface area contributed by atoms with Gasteiger partial charge in [-0.1, -0.05) is 34.5 Å². The molecule has 0 aliphatic rings. The van der Waals surface area contributed by atoms with E-state index in [9.17, 15) is 0 Å². The molecule has 2 rings (SSSR count). The SMILES string of the molecule is CCc1nc(Cl)cc(Nc2cc(C)c(Br)c(C)c2)n1. The summed E-state index contributed by atoms with van der Waals surface area (Å²) in [6.07, 6.45) is 0.758. The van der Waals surface area contributed by atoms with Gasteiger partial charge in [-0.05, 0) is 37.1 Å². The molecule has 1 aromatic heterocycles. The van der Waals surface area contributed by atoms with Gasteiger partial charge in [0.25, 0.3) is 0 Å². The summed E-state index contributed by atoms with van der Waals surface area (Å²) in [7, 11) is 0. The van der Waals surface area contributed by atoms with Crippen molar-refractivity contribution in [3.63, 3.8) is 0 Å². The zero-order valence-electron chi connectivity index (χ0n) is 11.1. The summed E-state index contributed by atoms with van der Waals surface area (Å²) in [5, 5.41) is 3.73. The van der Waals surface area contributed by atoms with Crippen LogP contribution in [0, 0.1) is 13.8 Å². The third kappa shape index (κ3) is 3.45. The van der Waals surface area contributed by atoms with Crippen LogP contribution in [0.4, 0.5) is 11.5 Å². The Morgan fingerprint density at radius 2 is 1.79 bits per heavy atom. The molecule has 0 unspecified atom stereocenters. The van der Waals surface area contributed by atoms with Crippen molar-refractivity contribution in [2.45, 2.75) is 27.2 Å². The maximum atomic E-state index is 5.98. The van der Waals surface area contributed by atoms with Gasteiger partial charge in [-0.15, -0.1) is 0 Å². The quantitative estimate of drug-likeness (QED) is 0.814. The van der Waals surface area contributed by atoms with E-state index in [1.54, 1.807) is 6.07 Å². The van der Waals surface area contributed by atoms with Gasteiger partial charge in [0.2, 0.25) is 0 Å². The number of hydrogen-bond acceptors (Lipinski definition) is 3. The Bertz CT molecular complexity index is 591. The molecule has 0 saturated carbocycles. The first kappa shape index (κ1) is 14.3. The van der Waals surface area contributed by atoms with Gasteiger partial charge in [-0.25, -0.2) is 9.97 Å². The number of halogens is 2. The van der Waals surface area contributed by atoms with Crippen LogP contribution >= 0.6 is 27.5 Å². The van der Waals surface area contributed by atoms with E-state index < -0.39 is 0 Å². The maximum Gasteiger partial charge on any atom is 0.135 e. The van der Waals surface area contributed by atoms with Gasteiger partial charge in [0.05, 0.1) is 0 Å². The molecule has 0 aliphatic heterocycles. The van der Waals surface area contributed by atoms with Crippen molar-refractivity contribution in [2.24, 2.45) is 0 Å². The molecule has 2 aromatic rings. The summed E-state index contributed by atoms with van der Waals surface area (Å²) in [6, 6.07) is 5.87. The van der Waals surface area contributed by atoms with Crippen molar-refractivity contribution in [3.05, 3.63) is 44.8 Å². The number of rotatable bonds is 3. The minimum atomic E-state index is 0.458. The number of nitrogens with zero attached hydrogens (tertiary/aromatic N) is 2. The molecule has 0 spiro atoms. The second-order valence-corrected chi connectivity index (χ2v) is 5.57. The smallest absolute Gasteiger partial charge is 0.135 e. The van der Waals surface area contributed by atoms with E-state index in [-0.39, 0.29) is 0 Å². The zero-order valence-corrected chi connectivity index (χ0v) is 13.4. The number of hydrogen-bond donors (Lipinski definition) is 1. The highest BCUT2D eigenvalue weighted by molar-refractivity contribution is 9.10. The highest BCUT2D eigenvalue weighted by Gasteiger charge is 2.05. The topological polar surface area (TPSA) is 37.8 Å². The number of benzene rings is 1. The summed E-state index contributed by atoms with van der Waals surface area (Å²) in [5.41, 5.74) is 3.35. The Labute approximate surface area is 126 Å². The first-order chi connectivity index (χ1) is 8.99. The number of nitrogens with one attached hydrogen (secondary N) is 1. The first-order valence-corrected chi connectivity index (χ1v) is 7.24. The molecule has 0 atom stereocenters. The van der Waals surface area contributed by atoms with Crippen molar-refractivity contribution in [2.75, 3.05) is 5.32 Å². The monoisotopic (exact) mass is 339 g/mol. The predicted octanol–water partition coefficient (Wildman–Crippen LogP) is 4.82. The molecular weight excluding hydrogens is 326 g/mol. The van der Waals surface area contributed by atoms with E-state index in [1.165, 1.54) is 11.1 Å². The molecule has 0 fully saturated rings. The zero-order chi connectivity index (χ0) is 14.0. The van der Waals surface area contributed by atoms with E-state index in [4.69, 9.17) is 11.6 Å². The second kappa shape index (κ2) is 5.88. The van der Waals surface area contributed by atoms with Crippen molar-refractivity contribution >= 4 is 39.0 Å². The van der Waals surface area contributed by atoms with E-state index in [0.29, 0.717) is 5.15 Å². The fraction of sp³-hybridized carbons (Fsp3) is 0.286. The molecule has 0 bridgehead atoms. The fourth-order valence-electron chi connectivity index (χ4n) is 1.85. The van der Waals surface area contributed by atoms with Crippen LogP contribution in [-0.2, 0) is 6.42 Å². The largest absolute Gasteiger partial charge is 0.340 e. The lowest BCUT2D eigenvalue weighted by Gasteiger charge is -2.11. The van der Waals surface area contributed by atoms with Crippen LogP contribution in [0.2, 0.25) is 5.15 Å². The summed E-state index contributed by atoms with van der Waals surface area (Å²) >= 11 is 9.54. The van der Waals surface area contributed by atoms with E-state index in [1.807, 2.05) is 6.92 Å². The van der Waals surface area contributed by atoms with Crippen molar-refractivity contribution in [3.8, 4) is 0 Å². The fourth-order valence-corrected chi connectivity index (χ4v) is 2.28. The molecule has 0 amide bonds. The Kier molecular flexibility index (Phi) is 4.42. The van der Waals surface area contributed by atoms with Crippen LogP contribution < -0.4 is 5.32 Å². The summed E-state index contributed by atoms with van der Waals surface area (Å²) in [6.45, 7) is 6.13. The third-order valence-corrected chi connectivity index (χ3v) is 4.21. The van der Waals surface area contributed by atoms with Gasteiger partial charge in [0.1, 0.15) is 16.8 Å². The van der Waals surface area contributed by atoms with Crippen LogP contribution in [0.5, 0.6) is 0 Å². The molecule has 3 nitrogen and oxygen atoms in total. The van der Waals surface area contributed by atoms with Gasteiger partial charge in [-0.2, -0.15) is 0 Å². The minimum Gasteiger partial charge on any atom is -0.340 e. The minimum absolute atomic E-state index is 0.458. The summed E-state index contributed by atoms with van der Waals surface area (Å²) in [4.78, 5) is 8.56. The molecule has 1 N–H and O–H groups in total. The summed E-state index contributed by atoms with van der Waals surface area (Å²) in [5.74, 6) is 1.46. The molecule has 1 aromatic carbocycles. The lowest BCUT2D eigenvalue weighted by molar-refractivity contribution is 0.943. The summed E-state index contributed by atoms with van der Waals surface area (Å²) < 4.78 is 1.13. The molecule has 5 heteroatoms. The highest BCUT2D eigenvalue weighted by Crippen LogP contribution is 2.27. The predicted molar refractivity (Wildman–Crippen MR) is 83.3 cm³/mol. The second-order valence-electron chi connectivity index (χ2n) is 4.39. The van der Waals surface area contributed by atoms with Crippen LogP contribution in [0.1, 0.15) is 23.9 Å². The highest BCUT2D eigenvalue weighted by atomic mass is 79.9. The van der Waals surface area contributed by atoms with Gasteiger partial charge in [-0.3, -0.25) is 0 Å². The van der Waals surface area contributed by atoms with Gasteiger partial charge >= 0.3 is 0 Å². The van der Waals surface area contributed by atoms with Gasteiger partial charge in [0, 0.05) is 22.6 Å². The normalized spacial score (nSPS) is 10.6. The maximum absolute atomic E-state index is 5.98. The van der Waals surface area contributed by atoms with Crippen LogP contribution in [0.15, 0.2) is 22.7 Å². The van der Waals surface area contributed by atoms with Crippen LogP contribution in [0.25, 0.3) is 0 Å². The van der Waals surface area contributed by atoms with E-state index in [2.05, 4.69) is 57.2 Å². The third-order valence-electron chi connectivity index (χ3n) is 2.77. The number of anilines is 2. The first-order valence-electron chi connectivity index (χ1n) is 6.07. The van der Waals surface area contributed by atoms with Crippen LogP contribution in [-0.4, -0.2) is 9.97 Å². The van der Waals surface area contributed by atoms with E-state index in [0.717, 1.165) is 28.2 Å². The molecule has 0 aliphatic carbocycles. The molecule has 100 valence electrons. The Hall–Kier alpha value is -1.13. The molecule has 0 saturated heterocycles. The molecular formula is C14H15BrClN3. The Morgan fingerprint density at radius 3 is 2.37 bits per heavy atom. The standard InChI is InChI=1S/C14H15BrClN3/c1-4-12-18-11(16)7-13(19-12)17-10-5-8(2)14(15)9(3)6-10/h5-7H,4H2,1-3H3,(H,17,18,19). The lowest BCUT2D eigenvalue weighted by atomic mass is 10.1. The van der Waals surface area contributed by atoms with Gasteiger partial charge < -0.3 is 5.32 Å². The Balaban J connectivity index is 2.33. The Morgan fingerprint density at radius 1 is 1.16 bits per heavy atom. The average molecular weight is 341 g/mol. The number of aromatic nitrogens is 2. The van der Waals surface area contributed by atoms with Crippen molar-refractivity contribution in [1.82, 2.24) is 9.97 Å².